The molecule has 4 rings (SSSR count). The molecule has 0 aromatic heterocycles. The number of piperazine rings is 1. The van der Waals surface area contributed by atoms with Gasteiger partial charge in [0.25, 0.3) is 11.8 Å². The van der Waals surface area contributed by atoms with Gasteiger partial charge in [-0.25, -0.2) is 0 Å². The van der Waals surface area contributed by atoms with Crippen molar-refractivity contribution >= 4 is 17.7 Å². The molecular weight excluding hydrogens is 374 g/mol. The lowest BCUT2D eigenvalue weighted by Gasteiger charge is -2.34. The van der Waals surface area contributed by atoms with Gasteiger partial charge in [-0.15, -0.1) is 0 Å². The Hall–Kier alpha value is -3.55. The highest BCUT2D eigenvalue weighted by Gasteiger charge is 2.25. The summed E-state index contributed by atoms with van der Waals surface area (Å²) in [4.78, 5) is 40.6. The van der Waals surface area contributed by atoms with Gasteiger partial charge < -0.3 is 24.6 Å². The second-order valence-corrected chi connectivity index (χ2v) is 6.79. The van der Waals surface area contributed by atoms with Gasteiger partial charge >= 0.3 is 0 Å². The van der Waals surface area contributed by atoms with Crippen molar-refractivity contribution in [3.05, 3.63) is 59.7 Å². The molecule has 0 bridgehead atoms. The Labute approximate surface area is 168 Å². The zero-order valence-electron chi connectivity index (χ0n) is 15.8. The monoisotopic (exact) mass is 395 g/mol. The molecule has 2 heterocycles. The van der Waals surface area contributed by atoms with Crippen molar-refractivity contribution in [2.75, 3.05) is 39.5 Å². The number of fused-ring (bicyclic) bond motifs is 1. The second kappa shape index (κ2) is 8.22. The van der Waals surface area contributed by atoms with Crippen LogP contribution in [0.5, 0.6) is 11.5 Å². The molecule has 1 saturated heterocycles. The highest BCUT2D eigenvalue weighted by Crippen LogP contribution is 2.32. The summed E-state index contributed by atoms with van der Waals surface area (Å²) in [6.45, 7) is 1.86. The highest BCUT2D eigenvalue weighted by atomic mass is 16.7. The lowest BCUT2D eigenvalue weighted by Crippen LogP contribution is -2.52. The average molecular weight is 395 g/mol. The number of nitrogens with one attached hydrogen (secondary N) is 1. The number of hydrogen-bond acceptors (Lipinski definition) is 5. The van der Waals surface area contributed by atoms with Gasteiger partial charge in [0.2, 0.25) is 12.7 Å². The predicted octanol–water partition coefficient (Wildman–Crippen LogP) is 1.13. The molecule has 0 unspecified atom stereocenters. The number of carbonyl (C=O) groups is 3. The van der Waals surface area contributed by atoms with Crippen molar-refractivity contribution in [1.29, 1.82) is 0 Å². The Morgan fingerprint density at radius 1 is 0.828 bits per heavy atom. The van der Waals surface area contributed by atoms with E-state index < -0.39 is 0 Å². The third-order valence-corrected chi connectivity index (χ3v) is 4.98. The molecular formula is C21H21N3O5. The number of benzene rings is 2. The van der Waals surface area contributed by atoms with E-state index in [0.717, 1.165) is 0 Å². The SMILES string of the molecule is O=C(NCC(=O)N1CCN(C(=O)c2ccccc2)CC1)c1ccc2c(c1)OCO2. The Balaban J connectivity index is 1.26. The van der Waals surface area contributed by atoms with Crippen LogP contribution in [0.25, 0.3) is 0 Å². The first-order chi connectivity index (χ1) is 14.1. The molecule has 0 saturated carbocycles. The second-order valence-electron chi connectivity index (χ2n) is 6.79. The van der Waals surface area contributed by atoms with E-state index in [1.54, 1.807) is 40.1 Å². The summed E-state index contributed by atoms with van der Waals surface area (Å²) < 4.78 is 10.5. The average Bonchev–Trinajstić information content (AvgIpc) is 3.25. The first-order valence-corrected chi connectivity index (χ1v) is 9.42. The lowest BCUT2D eigenvalue weighted by atomic mass is 10.2. The molecule has 0 radical (unpaired) electrons. The number of ether oxygens (including phenoxy) is 2. The first-order valence-electron chi connectivity index (χ1n) is 9.42. The van der Waals surface area contributed by atoms with Crippen molar-refractivity contribution in [3.63, 3.8) is 0 Å². The molecule has 0 spiro atoms. The van der Waals surface area contributed by atoms with Gasteiger partial charge in [-0.2, -0.15) is 0 Å². The summed E-state index contributed by atoms with van der Waals surface area (Å²) in [7, 11) is 0. The number of nitrogens with zero attached hydrogens (tertiary/aromatic N) is 2. The maximum atomic E-state index is 12.5. The molecule has 0 aliphatic carbocycles. The highest BCUT2D eigenvalue weighted by molar-refractivity contribution is 5.97. The maximum absolute atomic E-state index is 12.5. The van der Waals surface area contributed by atoms with Crippen molar-refractivity contribution in [3.8, 4) is 11.5 Å². The van der Waals surface area contributed by atoms with E-state index in [0.29, 0.717) is 48.8 Å². The van der Waals surface area contributed by atoms with Crippen LogP contribution in [0, 0.1) is 0 Å². The van der Waals surface area contributed by atoms with Crippen LogP contribution in [0.3, 0.4) is 0 Å². The summed E-state index contributed by atoms with van der Waals surface area (Å²) in [5.74, 6) is 0.554. The van der Waals surface area contributed by atoms with Crippen molar-refractivity contribution in [2.24, 2.45) is 0 Å². The van der Waals surface area contributed by atoms with Crippen LogP contribution in [0.15, 0.2) is 48.5 Å². The van der Waals surface area contributed by atoms with E-state index in [1.807, 2.05) is 18.2 Å². The summed E-state index contributed by atoms with van der Waals surface area (Å²) in [5.41, 5.74) is 1.04. The van der Waals surface area contributed by atoms with Crippen molar-refractivity contribution in [2.45, 2.75) is 0 Å². The van der Waals surface area contributed by atoms with Crippen LogP contribution in [-0.2, 0) is 4.79 Å². The fraction of sp³-hybridized carbons (Fsp3) is 0.286. The van der Waals surface area contributed by atoms with Gasteiger partial charge in [0.05, 0.1) is 6.54 Å². The Morgan fingerprint density at radius 3 is 2.28 bits per heavy atom. The van der Waals surface area contributed by atoms with Gasteiger partial charge in [0, 0.05) is 37.3 Å². The molecule has 2 aromatic rings. The standard InChI is InChI=1S/C21H21N3O5/c25-19(13-22-20(26)16-6-7-17-18(12-16)29-14-28-17)23-8-10-24(11-9-23)21(27)15-4-2-1-3-5-15/h1-7,12H,8-11,13-14H2,(H,22,26). The van der Waals surface area contributed by atoms with Crippen LogP contribution in [-0.4, -0.2) is 67.0 Å². The number of rotatable bonds is 4. The molecule has 2 aliphatic heterocycles. The van der Waals surface area contributed by atoms with Crippen LogP contribution in [0.4, 0.5) is 0 Å². The van der Waals surface area contributed by atoms with Crippen LogP contribution in [0.2, 0.25) is 0 Å². The normalized spacial score (nSPS) is 15.2. The number of hydrogen-bond donors (Lipinski definition) is 1. The summed E-state index contributed by atoms with van der Waals surface area (Å²) in [5, 5.41) is 2.64. The molecule has 2 aliphatic rings. The van der Waals surface area contributed by atoms with Gasteiger partial charge in [-0.05, 0) is 30.3 Å². The minimum Gasteiger partial charge on any atom is -0.454 e. The quantitative estimate of drug-likeness (QED) is 0.839. The van der Waals surface area contributed by atoms with Crippen LogP contribution < -0.4 is 14.8 Å². The summed E-state index contributed by atoms with van der Waals surface area (Å²) >= 11 is 0. The molecule has 8 nitrogen and oxygen atoms in total. The van der Waals surface area contributed by atoms with Crippen LogP contribution in [0.1, 0.15) is 20.7 Å². The van der Waals surface area contributed by atoms with Gasteiger partial charge in [-0.1, -0.05) is 18.2 Å². The topological polar surface area (TPSA) is 88.2 Å². The number of carbonyl (C=O) groups excluding carboxylic acids is 3. The Kier molecular flexibility index (Phi) is 5.33. The molecule has 2 aromatic carbocycles. The molecule has 0 atom stereocenters. The smallest absolute Gasteiger partial charge is 0.253 e. The zero-order valence-corrected chi connectivity index (χ0v) is 15.8. The summed E-state index contributed by atoms with van der Waals surface area (Å²) in [6.07, 6.45) is 0. The summed E-state index contributed by atoms with van der Waals surface area (Å²) in [6, 6.07) is 14.0. The van der Waals surface area contributed by atoms with Crippen LogP contribution >= 0.6 is 0 Å². The van der Waals surface area contributed by atoms with E-state index in [4.69, 9.17) is 9.47 Å². The first kappa shape index (κ1) is 18.8. The third kappa shape index (κ3) is 4.16. The Morgan fingerprint density at radius 2 is 1.52 bits per heavy atom. The number of amides is 3. The predicted molar refractivity (Wildman–Crippen MR) is 104 cm³/mol. The van der Waals surface area contributed by atoms with Crippen molar-refractivity contribution in [1.82, 2.24) is 15.1 Å². The molecule has 29 heavy (non-hydrogen) atoms. The van der Waals surface area contributed by atoms with E-state index in [1.165, 1.54) is 0 Å². The van der Waals surface area contributed by atoms with E-state index in [9.17, 15) is 14.4 Å². The van der Waals surface area contributed by atoms with Crippen molar-refractivity contribution < 1.29 is 23.9 Å². The van der Waals surface area contributed by atoms with Gasteiger partial charge in [0.1, 0.15) is 0 Å². The zero-order chi connectivity index (χ0) is 20.2. The Bertz CT molecular complexity index is 923. The van der Waals surface area contributed by atoms with E-state index in [-0.39, 0.29) is 31.1 Å². The third-order valence-electron chi connectivity index (χ3n) is 4.98. The van der Waals surface area contributed by atoms with Gasteiger partial charge in [0.15, 0.2) is 11.5 Å². The van der Waals surface area contributed by atoms with E-state index in [2.05, 4.69) is 5.32 Å². The molecule has 1 N–H and O–H groups in total. The molecule has 8 heteroatoms. The lowest BCUT2D eigenvalue weighted by molar-refractivity contribution is -0.131. The molecule has 150 valence electrons. The largest absolute Gasteiger partial charge is 0.454 e. The molecule has 3 amide bonds. The minimum atomic E-state index is -0.352. The van der Waals surface area contributed by atoms with Gasteiger partial charge in [-0.3, -0.25) is 14.4 Å². The maximum Gasteiger partial charge on any atom is 0.253 e. The van der Waals surface area contributed by atoms with E-state index >= 15 is 0 Å². The minimum absolute atomic E-state index is 0.0335. The fourth-order valence-electron chi connectivity index (χ4n) is 3.33. The molecule has 1 fully saturated rings. The fourth-order valence-corrected chi connectivity index (χ4v) is 3.33.